The Labute approximate surface area is 88.7 Å². The molecule has 1 atom stereocenters. The van der Waals surface area contributed by atoms with Gasteiger partial charge in [0.2, 0.25) is 0 Å². The van der Waals surface area contributed by atoms with Crippen molar-refractivity contribution >= 4 is 11.3 Å². The third-order valence-electron chi connectivity index (χ3n) is 2.00. The zero-order valence-electron chi connectivity index (χ0n) is 9.07. The van der Waals surface area contributed by atoms with E-state index in [0.717, 1.165) is 11.6 Å². The van der Waals surface area contributed by atoms with Crippen LogP contribution in [0.25, 0.3) is 0 Å². The van der Waals surface area contributed by atoms with Gasteiger partial charge in [-0.05, 0) is 19.9 Å². The maximum Gasteiger partial charge on any atom is 0.294 e. The van der Waals surface area contributed by atoms with E-state index in [1.54, 1.807) is 0 Å². The second-order valence-electron chi connectivity index (χ2n) is 3.56. The molecule has 4 nitrogen and oxygen atoms in total. The van der Waals surface area contributed by atoms with Gasteiger partial charge in [-0.15, -0.1) is 5.10 Å². The molecule has 5 heteroatoms. The van der Waals surface area contributed by atoms with E-state index in [0.29, 0.717) is 11.1 Å². The average Bonchev–Trinajstić information content (AvgIpc) is 2.53. The molecular weight excluding hydrogens is 198 g/mol. The first-order valence-electron chi connectivity index (χ1n) is 4.77. The predicted molar refractivity (Wildman–Crippen MR) is 57.6 cm³/mol. The van der Waals surface area contributed by atoms with Crippen LogP contribution in [0.4, 0.5) is 0 Å². The van der Waals surface area contributed by atoms with Crippen molar-refractivity contribution in [1.82, 2.24) is 15.5 Å². The molecule has 0 bridgehead atoms. The van der Waals surface area contributed by atoms with Crippen LogP contribution in [0.1, 0.15) is 25.8 Å². The summed E-state index contributed by atoms with van der Waals surface area (Å²) in [5.74, 6) is 0.492. The van der Waals surface area contributed by atoms with Crippen LogP contribution in [-0.2, 0) is 6.54 Å². The Bertz CT molecular complexity index is 275. The molecule has 1 heterocycles. The van der Waals surface area contributed by atoms with Crippen LogP contribution >= 0.6 is 11.3 Å². The summed E-state index contributed by atoms with van der Waals surface area (Å²) >= 11 is 1.50. The molecule has 0 spiro atoms. The van der Waals surface area contributed by atoms with Gasteiger partial charge in [0.05, 0.1) is 0 Å². The zero-order valence-corrected chi connectivity index (χ0v) is 9.89. The molecule has 1 aromatic heterocycles. The van der Waals surface area contributed by atoms with Crippen molar-refractivity contribution < 1.29 is 4.74 Å². The van der Waals surface area contributed by atoms with E-state index in [4.69, 9.17) is 4.74 Å². The highest BCUT2D eigenvalue weighted by Crippen LogP contribution is 2.20. The minimum atomic E-state index is 0.186. The topological polar surface area (TPSA) is 47.0 Å². The maximum absolute atomic E-state index is 5.62. The van der Waals surface area contributed by atoms with E-state index >= 15 is 0 Å². The van der Waals surface area contributed by atoms with Gasteiger partial charge < -0.3 is 10.1 Å². The molecule has 0 radical (unpaired) electrons. The van der Waals surface area contributed by atoms with Crippen LogP contribution in [-0.4, -0.2) is 23.3 Å². The maximum atomic E-state index is 5.62. The third-order valence-corrected chi connectivity index (χ3v) is 2.82. The van der Waals surface area contributed by atoms with Crippen LogP contribution in [0.15, 0.2) is 0 Å². The van der Waals surface area contributed by atoms with Crippen molar-refractivity contribution in [3.05, 3.63) is 5.01 Å². The second-order valence-corrected chi connectivity index (χ2v) is 4.58. The fraction of sp³-hybridized carbons (Fsp3) is 0.778. The minimum Gasteiger partial charge on any atom is -0.466 e. The molecule has 14 heavy (non-hydrogen) atoms. The van der Waals surface area contributed by atoms with E-state index in [-0.39, 0.29) is 6.10 Å². The highest BCUT2D eigenvalue weighted by Gasteiger charge is 2.11. The van der Waals surface area contributed by atoms with Crippen molar-refractivity contribution in [3.8, 4) is 5.19 Å². The highest BCUT2D eigenvalue weighted by atomic mass is 32.1. The van der Waals surface area contributed by atoms with Crippen molar-refractivity contribution in [2.24, 2.45) is 5.92 Å². The fourth-order valence-corrected chi connectivity index (χ4v) is 1.58. The summed E-state index contributed by atoms with van der Waals surface area (Å²) in [7, 11) is 1.89. The van der Waals surface area contributed by atoms with Crippen LogP contribution in [0.5, 0.6) is 5.19 Å². The molecule has 80 valence electrons. The average molecular weight is 215 g/mol. The molecule has 1 unspecified atom stereocenters. The van der Waals surface area contributed by atoms with Crippen LogP contribution in [0.2, 0.25) is 0 Å². The second kappa shape index (κ2) is 5.26. The molecule has 0 aliphatic heterocycles. The summed E-state index contributed by atoms with van der Waals surface area (Å²) in [6, 6.07) is 0. The fourth-order valence-electron chi connectivity index (χ4n) is 0.804. The van der Waals surface area contributed by atoms with Gasteiger partial charge in [-0.3, -0.25) is 0 Å². The van der Waals surface area contributed by atoms with Gasteiger partial charge in [-0.1, -0.05) is 30.3 Å². The van der Waals surface area contributed by atoms with Crippen molar-refractivity contribution in [2.75, 3.05) is 7.05 Å². The van der Waals surface area contributed by atoms with Crippen molar-refractivity contribution in [3.63, 3.8) is 0 Å². The van der Waals surface area contributed by atoms with E-state index in [1.165, 1.54) is 11.3 Å². The highest BCUT2D eigenvalue weighted by molar-refractivity contribution is 7.13. The number of nitrogens with one attached hydrogen (secondary N) is 1. The number of hydrogen-bond acceptors (Lipinski definition) is 5. The van der Waals surface area contributed by atoms with Gasteiger partial charge >= 0.3 is 0 Å². The van der Waals surface area contributed by atoms with E-state index in [2.05, 4.69) is 29.4 Å². The summed E-state index contributed by atoms with van der Waals surface area (Å²) in [5, 5.41) is 12.6. The monoisotopic (exact) mass is 215 g/mol. The summed E-state index contributed by atoms with van der Waals surface area (Å²) in [5.41, 5.74) is 0. The van der Waals surface area contributed by atoms with Crippen molar-refractivity contribution in [1.29, 1.82) is 0 Å². The van der Waals surface area contributed by atoms with Gasteiger partial charge in [0.15, 0.2) is 0 Å². The van der Waals surface area contributed by atoms with Crippen LogP contribution in [0.3, 0.4) is 0 Å². The van der Waals surface area contributed by atoms with E-state index < -0.39 is 0 Å². The Balaban J connectivity index is 2.50. The molecule has 0 saturated carbocycles. The van der Waals surface area contributed by atoms with E-state index in [9.17, 15) is 0 Å². The first-order chi connectivity index (χ1) is 6.63. The Morgan fingerprint density at radius 1 is 1.36 bits per heavy atom. The van der Waals surface area contributed by atoms with Gasteiger partial charge in [0, 0.05) is 6.54 Å². The molecule has 0 fully saturated rings. The summed E-state index contributed by atoms with van der Waals surface area (Å²) in [4.78, 5) is 0. The summed E-state index contributed by atoms with van der Waals surface area (Å²) < 4.78 is 5.62. The Morgan fingerprint density at radius 3 is 2.64 bits per heavy atom. The van der Waals surface area contributed by atoms with Crippen LogP contribution < -0.4 is 10.1 Å². The molecule has 0 aliphatic rings. The Kier molecular flexibility index (Phi) is 4.28. The van der Waals surface area contributed by atoms with E-state index in [1.807, 2.05) is 14.0 Å². The predicted octanol–water partition coefficient (Wildman–Crippen LogP) is 1.68. The van der Waals surface area contributed by atoms with Gasteiger partial charge in [-0.2, -0.15) is 0 Å². The standard InChI is InChI=1S/C9H17N3OS/c1-6(2)7(3)13-9-12-11-8(14-9)5-10-4/h6-7,10H,5H2,1-4H3. The van der Waals surface area contributed by atoms with Gasteiger partial charge in [0.1, 0.15) is 11.1 Å². The molecule has 0 amide bonds. The Morgan fingerprint density at radius 2 is 2.07 bits per heavy atom. The summed E-state index contributed by atoms with van der Waals surface area (Å²) in [6.07, 6.45) is 0.186. The molecule has 0 aromatic carbocycles. The Hall–Kier alpha value is -0.680. The number of rotatable bonds is 5. The lowest BCUT2D eigenvalue weighted by Crippen LogP contribution is -2.18. The first-order valence-corrected chi connectivity index (χ1v) is 5.58. The molecule has 0 saturated heterocycles. The molecule has 1 rings (SSSR count). The number of ether oxygens (including phenoxy) is 1. The van der Waals surface area contributed by atoms with Gasteiger partial charge in [0.25, 0.3) is 5.19 Å². The third kappa shape index (κ3) is 3.23. The SMILES string of the molecule is CNCc1nnc(OC(C)C(C)C)s1. The first kappa shape index (κ1) is 11.4. The zero-order chi connectivity index (χ0) is 10.6. The number of nitrogens with zero attached hydrogens (tertiary/aromatic N) is 2. The molecular formula is C9H17N3OS. The lowest BCUT2D eigenvalue weighted by molar-refractivity contribution is 0.168. The quantitative estimate of drug-likeness (QED) is 0.812. The largest absolute Gasteiger partial charge is 0.466 e. The molecule has 0 aliphatic carbocycles. The smallest absolute Gasteiger partial charge is 0.294 e. The lowest BCUT2D eigenvalue weighted by atomic mass is 10.1. The molecule has 1 N–H and O–H groups in total. The van der Waals surface area contributed by atoms with Crippen molar-refractivity contribution in [2.45, 2.75) is 33.4 Å². The van der Waals surface area contributed by atoms with Gasteiger partial charge in [-0.25, -0.2) is 0 Å². The molecule has 1 aromatic rings. The summed E-state index contributed by atoms with van der Waals surface area (Å²) in [6.45, 7) is 7.04. The lowest BCUT2D eigenvalue weighted by Gasteiger charge is -2.14. The number of hydrogen-bond donors (Lipinski definition) is 1. The number of aromatic nitrogens is 2. The normalized spacial score (nSPS) is 13.2. The van der Waals surface area contributed by atoms with Crippen LogP contribution in [0, 0.1) is 5.92 Å². The minimum absolute atomic E-state index is 0.186.